The molecule has 4 nitrogen and oxygen atoms in total. The number of ether oxygens (including phenoxy) is 1. The number of rotatable bonds is 5. The van der Waals surface area contributed by atoms with Gasteiger partial charge in [-0.3, -0.25) is 4.90 Å². The number of amides is 2. The second kappa shape index (κ2) is 7.68. The van der Waals surface area contributed by atoms with E-state index in [4.69, 9.17) is 4.74 Å². The van der Waals surface area contributed by atoms with Crippen molar-refractivity contribution in [3.8, 4) is 5.75 Å². The van der Waals surface area contributed by atoms with Crippen LogP contribution >= 0.6 is 0 Å². The highest BCUT2D eigenvalue weighted by Crippen LogP contribution is 2.22. The fraction of sp³-hybridized carbons (Fsp3) is 0.316. The number of hydrogen-bond donors (Lipinski definition) is 1. The van der Waals surface area contributed by atoms with E-state index in [0.29, 0.717) is 13.2 Å². The van der Waals surface area contributed by atoms with Crippen LogP contribution in [-0.4, -0.2) is 26.2 Å². The van der Waals surface area contributed by atoms with Crippen LogP contribution in [0.1, 0.15) is 16.7 Å². The van der Waals surface area contributed by atoms with E-state index in [9.17, 15) is 4.79 Å². The largest absolute Gasteiger partial charge is 0.491 e. The lowest BCUT2D eigenvalue weighted by atomic mass is 10.1. The number of carbonyl (C=O) groups excluding carboxylic acids is 1. The first-order valence-electron chi connectivity index (χ1n) is 7.76. The van der Waals surface area contributed by atoms with Gasteiger partial charge in [0.05, 0.1) is 6.54 Å². The molecule has 23 heavy (non-hydrogen) atoms. The predicted octanol–water partition coefficient (Wildman–Crippen LogP) is 3.84. The van der Waals surface area contributed by atoms with Gasteiger partial charge in [-0.15, -0.1) is 0 Å². The highest BCUT2D eigenvalue weighted by molar-refractivity contribution is 5.91. The number of anilines is 1. The molecule has 0 aliphatic heterocycles. The first kappa shape index (κ1) is 16.9. The molecule has 0 fully saturated rings. The molecule has 0 saturated carbocycles. The van der Waals surface area contributed by atoms with Gasteiger partial charge in [-0.1, -0.05) is 24.3 Å². The van der Waals surface area contributed by atoms with Gasteiger partial charge in [-0.05, 0) is 55.7 Å². The number of urea groups is 1. The van der Waals surface area contributed by atoms with Crippen LogP contribution in [0.3, 0.4) is 0 Å². The van der Waals surface area contributed by atoms with Crippen molar-refractivity contribution < 1.29 is 9.53 Å². The van der Waals surface area contributed by atoms with Crippen LogP contribution in [0.15, 0.2) is 42.5 Å². The van der Waals surface area contributed by atoms with Crippen molar-refractivity contribution in [2.24, 2.45) is 0 Å². The number of carbonyl (C=O) groups is 1. The van der Waals surface area contributed by atoms with Crippen LogP contribution in [0, 0.1) is 20.8 Å². The molecule has 1 N–H and O–H groups in total. The summed E-state index contributed by atoms with van der Waals surface area (Å²) in [6.07, 6.45) is 0. The molecule has 0 heterocycles. The lowest BCUT2D eigenvalue weighted by molar-refractivity contribution is 0.243. The summed E-state index contributed by atoms with van der Waals surface area (Å²) in [6.45, 7) is 7.09. The third-order valence-electron chi connectivity index (χ3n) is 3.88. The summed E-state index contributed by atoms with van der Waals surface area (Å²) in [4.78, 5) is 13.7. The summed E-state index contributed by atoms with van der Waals surface area (Å²) in [5, 5.41) is 2.86. The van der Waals surface area contributed by atoms with Crippen molar-refractivity contribution in [2.75, 3.05) is 25.1 Å². The molecule has 0 spiro atoms. The third-order valence-corrected chi connectivity index (χ3v) is 3.88. The van der Waals surface area contributed by atoms with Crippen molar-refractivity contribution in [1.29, 1.82) is 0 Å². The molecule has 2 aromatic rings. The Balaban J connectivity index is 1.81. The summed E-state index contributed by atoms with van der Waals surface area (Å²) in [5.74, 6) is 0.874. The van der Waals surface area contributed by atoms with Crippen molar-refractivity contribution in [3.05, 3.63) is 59.2 Å². The van der Waals surface area contributed by atoms with Gasteiger partial charge in [-0.2, -0.15) is 0 Å². The Labute approximate surface area is 138 Å². The maximum atomic E-state index is 12.1. The number of nitrogens with zero attached hydrogens (tertiary/aromatic N) is 1. The molecule has 0 radical (unpaired) electrons. The maximum Gasteiger partial charge on any atom is 0.321 e. The Hall–Kier alpha value is -2.49. The van der Waals surface area contributed by atoms with E-state index in [-0.39, 0.29) is 6.03 Å². The van der Waals surface area contributed by atoms with Gasteiger partial charge in [0.1, 0.15) is 12.4 Å². The lowest BCUT2D eigenvalue weighted by Gasteiger charge is -2.18. The highest BCUT2D eigenvalue weighted by atomic mass is 16.5. The van der Waals surface area contributed by atoms with Gasteiger partial charge in [0, 0.05) is 12.7 Å². The van der Waals surface area contributed by atoms with Gasteiger partial charge in [0.15, 0.2) is 0 Å². The third kappa shape index (κ3) is 4.49. The summed E-state index contributed by atoms with van der Waals surface area (Å²) in [6, 6.07) is 13.6. The van der Waals surface area contributed by atoms with E-state index in [1.54, 1.807) is 11.9 Å². The second-order valence-corrected chi connectivity index (χ2v) is 5.68. The van der Waals surface area contributed by atoms with Gasteiger partial charge in [0.2, 0.25) is 0 Å². The van der Waals surface area contributed by atoms with Gasteiger partial charge in [0.25, 0.3) is 0 Å². The van der Waals surface area contributed by atoms with E-state index in [1.165, 1.54) is 11.1 Å². The van der Waals surface area contributed by atoms with Crippen LogP contribution in [0.5, 0.6) is 5.75 Å². The topological polar surface area (TPSA) is 41.6 Å². The van der Waals surface area contributed by atoms with Crippen molar-refractivity contribution in [3.63, 3.8) is 0 Å². The molecule has 122 valence electrons. The summed E-state index contributed by atoms with van der Waals surface area (Å²) < 4.78 is 5.78. The lowest BCUT2D eigenvalue weighted by Crippen LogP contribution is -2.39. The fourth-order valence-electron chi connectivity index (χ4n) is 2.30. The summed E-state index contributed by atoms with van der Waals surface area (Å²) >= 11 is 0. The van der Waals surface area contributed by atoms with E-state index >= 15 is 0 Å². The predicted molar refractivity (Wildman–Crippen MR) is 94.4 cm³/mol. The summed E-state index contributed by atoms with van der Waals surface area (Å²) in [7, 11) is 1.75. The molecule has 2 aromatic carbocycles. The molecule has 0 atom stereocenters. The monoisotopic (exact) mass is 312 g/mol. The molecule has 0 bridgehead atoms. The molecule has 0 aliphatic rings. The minimum absolute atomic E-state index is 0.142. The van der Waals surface area contributed by atoms with Crippen LogP contribution in [0.2, 0.25) is 0 Å². The molecule has 0 aromatic heterocycles. The normalized spacial score (nSPS) is 10.3. The molecular formula is C19H24N2O2. The average Bonchev–Trinajstić information content (AvgIpc) is 2.55. The first-order chi connectivity index (χ1) is 11.0. The van der Waals surface area contributed by atoms with Gasteiger partial charge in [-0.25, -0.2) is 4.79 Å². The van der Waals surface area contributed by atoms with Crippen LogP contribution < -0.4 is 15.0 Å². The minimum atomic E-state index is -0.142. The number of aryl methyl sites for hydroxylation is 3. The second-order valence-electron chi connectivity index (χ2n) is 5.68. The van der Waals surface area contributed by atoms with E-state index < -0.39 is 0 Å². The Morgan fingerprint density at radius 2 is 1.70 bits per heavy atom. The number of nitrogens with one attached hydrogen (secondary N) is 1. The van der Waals surface area contributed by atoms with Gasteiger partial charge >= 0.3 is 6.03 Å². The average molecular weight is 312 g/mol. The quantitative estimate of drug-likeness (QED) is 0.852. The van der Waals surface area contributed by atoms with Crippen molar-refractivity contribution >= 4 is 11.7 Å². The summed E-state index contributed by atoms with van der Waals surface area (Å²) in [5.41, 5.74) is 4.43. The molecule has 2 rings (SSSR count). The molecule has 2 amide bonds. The zero-order chi connectivity index (χ0) is 16.8. The molecule has 0 aliphatic carbocycles. The SMILES string of the molecule is Cc1cc(C)c(OCCNC(=O)N(C)c2ccccc2)cc1C. The maximum absolute atomic E-state index is 12.1. The van der Waals surface area contributed by atoms with Crippen molar-refractivity contribution in [1.82, 2.24) is 5.32 Å². The molecule has 4 heteroatoms. The van der Waals surface area contributed by atoms with Crippen LogP contribution in [0.25, 0.3) is 0 Å². The highest BCUT2D eigenvalue weighted by Gasteiger charge is 2.09. The zero-order valence-electron chi connectivity index (χ0n) is 14.2. The van der Waals surface area contributed by atoms with Gasteiger partial charge < -0.3 is 10.1 Å². The van der Waals surface area contributed by atoms with Crippen molar-refractivity contribution in [2.45, 2.75) is 20.8 Å². The zero-order valence-corrected chi connectivity index (χ0v) is 14.2. The Morgan fingerprint density at radius 3 is 2.39 bits per heavy atom. The van der Waals surface area contributed by atoms with E-state index in [0.717, 1.165) is 17.0 Å². The van der Waals surface area contributed by atoms with Crippen LogP contribution in [-0.2, 0) is 0 Å². The first-order valence-corrected chi connectivity index (χ1v) is 7.76. The molecule has 0 unspecified atom stereocenters. The molecular weight excluding hydrogens is 288 g/mol. The van der Waals surface area contributed by atoms with E-state index in [1.807, 2.05) is 43.3 Å². The number of hydrogen-bond acceptors (Lipinski definition) is 2. The van der Waals surface area contributed by atoms with Crippen LogP contribution in [0.4, 0.5) is 10.5 Å². The minimum Gasteiger partial charge on any atom is -0.491 e. The Kier molecular flexibility index (Phi) is 5.63. The molecule has 0 saturated heterocycles. The Bertz CT molecular complexity index is 669. The Morgan fingerprint density at radius 1 is 1.04 bits per heavy atom. The number of benzene rings is 2. The number of para-hydroxylation sites is 1. The van der Waals surface area contributed by atoms with E-state index in [2.05, 4.69) is 25.2 Å². The smallest absolute Gasteiger partial charge is 0.321 e. The fourth-order valence-corrected chi connectivity index (χ4v) is 2.30. The standard InChI is InChI=1S/C19H24N2O2/c1-14-12-16(3)18(13-15(14)2)23-11-10-20-19(22)21(4)17-8-6-5-7-9-17/h5-9,12-13H,10-11H2,1-4H3,(H,20,22).